The number of rotatable bonds is 5. The Balaban J connectivity index is 1.40. The van der Waals surface area contributed by atoms with Crippen LogP contribution in [-0.4, -0.2) is 80.9 Å². The SMILES string of the molecule is CCNC(=NCC1CCCOC1c1ccc(C)cc1)N1CCC(N2CCOCC2)C1. The van der Waals surface area contributed by atoms with Crippen LogP contribution in [0.1, 0.15) is 43.4 Å². The molecule has 0 spiro atoms. The van der Waals surface area contributed by atoms with Gasteiger partial charge in [0.1, 0.15) is 0 Å². The molecule has 0 amide bonds. The molecular weight excluding hydrogens is 376 g/mol. The largest absolute Gasteiger partial charge is 0.379 e. The van der Waals surface area contributed by atoms with Crippen LogP contribution < -0.4 is 5.32 Å². The van der Waals surface area contributed by atoms with Crippen LogP contribution in [0, 0.1) is 12.8 Å². The van der Waals surface area contributed by atoms with Crippen molar-refractivity contribution in [2.24, 2.45) is 10.9 Å². The number of likely N-dealkylation sites (tertiary alicyclic amines) is 1. The summed E-state index contributed by atoms with van der Waals surface area (Å²) in [6, 6.07) is 9.44. The molecule has 3 aliphatic heterocycles. The molecule has 0 bridgehead atoms. The summed E-state index contributed by atoms with van der Waals surface area (Å²) in [7, 11) is 0. The maximum Gasteiger partial charge on any atom is 0.193 e. The van der Waals surface area contributed by atoms with Gasteiger partial charge in [0, 0.05) is 57.8 Å². The van der Waals surface area contributed by atoms with Gasteiger partial charge in [0.05, 0.1) is 19.3 Å². The Morgan fingerprint density at radius 1 is 1.10 bits per heavy atom. The summed E-state index contributed by atoms with van der Waals surface area (Å²) >= 11 is 0. The molecule has 1 N–H and O–H groups in total. The Morgan fingerprint density at radius 2 is 1.90 bits per heavy atom. The first-order valence-corrected chi connectivity index (χ1v) is 11.8. The number of morpholine rings is 1. The summed E-state index contributed by atoms with van der Waals surface area (Å²) < 4.78 is 11.7. The van der Waals surface area contributed by atoms with Crippen LogP contribution >= 0.6 is 0 Å². The lowest BCUT2D eigenvalue weighted by Gasteiger charge is -2.33. The number of nitrogens with zero attached hydrogens (tertiary/aromatic N) is 3. The standard InChI is InChI=1S/C24H38N4O2/c1-3-25-24(28-11-10-22(18-28)27-12-15-29-16-13-27)26-17-21-5-4-14-30-23(21)20-8-6-19(2)7-9-20/h6-9,21-23H,3-5,10-18H2,1-2H3,(H,25,26). The minimum atomic E-state index is 0.158. The summed E-state index contributed by atoms with van der Waals surface area (Å²) in [5.74, 6) is 1.51. The third kappa shape index (κ3) is 5.34. The maximum absolute atomic E-state index is 6.21. The van der Waals surface area contributed by atoms with Crippen molar-refractivity contribution in [2.75, 3.05) is 59.1 Å². The first kappa shape index (κ1) is 21.6. The Kier molecular flexibility index (Phi) is 7.63. The van der Waals surface area contributed by atoms with Crippen molar-refractivity contribution in [3.8, 4) is 0 Å². The minimum Gasteiger partial charge on any atom is -0.379 e. The molecule has 0 aliphatic carbocycles. The summed E-state index contributed by atoms with van der Waals surface area (Å²) in [5.41, 5.74) is 2.58. The zero-order valence-corrected chi connectivity index (χ0v) is 18.7. The highest BCUT2D eigenvalue weighted by Crippen LogP contribution is 2.34. The van der Waals surface area contributed by atoms with Crippen molar-refractivity contribution in [2.45, 2.75) is 45.3 Å². The van der Waals surface area contributed by atoms with Crippen molar-refractivity contribution in [1.82, 2.24) is 15.1 Å². The molecule has 6 nitrogen and oxygen atoms in total. The van der Waals surface area contributed by atoms with Gasteiger partial charge in [-0.1, -0.05) is 29.8 Å². The smallest absolute Gasteiger partial charge is 0.193 e. The van der Waals surface area contributed by atoms with E-state index in [1.807, 2.05) is 0 Å². The highest BCUT2D eigenvalue weighted by molar-refractivity contribution is 5.80. The lowest BCUT2D eigenvalue weighted by atomic mass is 9.89. The highest BCUT2D eigenvalue weighted by Gasteiger charge is 2.31. The molecular formula is C24H38N4O2. The van der Waals surface area contributed by atoms with Crippen LogP contribution in [-0.2, 0) is 9.47 Å². The van der Waals surface area contributed by atoms with Gasteiger partial charge in [-0.2, -0.15) is 0 Å². The van der Waals surface area contributed by atoms with Crippen molar-refractivity contribution < 1.29 is 9.47 Å². The number of hydrogen-bond acceptors (Lipinski definition) is 4. The average Bonchev–Trinajstić information content (AvgIpc) is 3.28. The number of hydrogen-bond donors (Lipinski definition) is 1. The van der Waals surface area contributed by atoms with Crippen molar-refractivity contribution >= 4 is 5.96 Å². The summed E-state index contributed by atoms with van der Waals surface area (Å²) in [4.78, 5) is 10.1. The lowest BCUT2D eigenvalue weighted by Crippen LogP contribution is -2.46. The van der Waals surface area contributed by atoms with Gasteiger partial charge in [-0.15, -0.1) is 0 Å². The third-order valence-corrected chi connectivity index (χ3v) is 6.69. The predicted molar refractivity (Wildman–Crippen MR) is 121 cm³/mol. The molecule has 3 fully saturated rings. The Labute approximate surface area is 181 Å². The number of aryl methyl sites for hydroxylation is 1. The molecule has 3 unspecified atom stereocenters. The molecule has 3 aliphatic rings. The van der Waals surface area contributed by atoms with Crippen LogP contribution in [0.3, 0.4) is 0 Å². The van der Waals surface area contributed by atoms with E-state index >= 15 is 0 Å². The zero-order valence-electron chi connectivity index (χ0n) is 18.7. The van der Waals surface area contributed by atoms with Gasteiger partial charge in [0.25, 0.3) is 0 Å². The molecule has 3 atom stereocenters. The fourth-order valence-corrected chi connectivity index (χ4v) is 4.96. The lowest BCUT2D eigenvalue weighted by molar-refractivity contribution is -0.0250. The van der Waals surface area contributed by atoms with Gasteiger partial charge in [0.15, 0.2) is 5.96 Å². The van der Waals surface area contributed by atoms with E-state index < -0.39 is 0 Å². The molecule has 6 heteroatoms. The van der Waals surface area contributed by atoms with E-state index in [1.54, 1.807) is 0 Å². The molecule has 1 aromatic carbocycles. The monoisotopic (exact) mass is 414 g/mol. The molecule has 3 saturated heterocycles. The fourth-order valence-electron chi connectivity index (χ4n) is 4.96. The van der Waals surface area contributed by atoms with E-state index in [2.05, 4.69) is 53.2 Å². The number of aliphatic imine (C=N–C) groups is 1. The summed E-state index contributed by atoms with van der Waals surface area (Å²) in [6.07, 6.45) is 3.67. The van der Waals surface area contributed by atoms with Gasteiger partial charge in [0.2, 0.25) is 0 Å². The van der Waals surface area contributed by atoms with Crippen LogP contribution in [0.2, 0.25) is 0 Å². The average molecular weight is 415 g/mol. The summed E-state index contributed by atoms with van der Waals surface area (Å²) in [5, 5.41) is 3.54. The molecule has 3 heterocycles. The molecule has 0 aromatic heterocycles. The van der Waals surface area contributed by atoms with Crippen LogP contribution in [0.25, 0.3) is 0 Å². The van der Waals surface area contributed by atoms with Gasteiger partial charge in [-0.05, 0) is 38.7 Å². The van der Waals surface area contributed by atoms with Gasteiger partial charge >= 0.3 is 0 Å². The topological polar surface area (TPSA) is 49.3 Å². The van der Waals surface area contributed by atoms with E-state index in [1.165, 1.54) is 24.0 Å². The highest BCUT2D eigenvalue weighted by atomic mass is 16.5. The van der Waals surface area contributed by atoms with Crippen LogP contribution in [0.15, 0.2) is 29.3 Å². The zero-order chi connectivity index (χ0) is 20.8. The van der Waals surface area contributed by atoms with E-state index in [-0.39, 0.29) is 6.10 Å². The molecule has 1 aromatic rings. The van der Waals surface area contributed by atoms with Crippen molar-refractivity contribution in [3.63, 3.8) is 0 Å². The maximum atomic E-state index is 6.21. The van der Waals surface area contributed by atoms with Crippen molar-refractivity contribution in [3.05, 3.63) is 35.4 Å². The Bertz CT molecular complexity index is 687. The molecule has 166 valence electrons. The summed E-state index contributed by atoms with van der Waals surface area (Å²) in [6.45, 7) is 12.9. The Hall–Kier alpha value is -1.63. The van der Waals surface area contributed by atoms with Crippen LogP contribution in [0.4, 0.5) is 0 Å². The number of ether oxygens (including phenoxy) is 2. The first-order chi connectivity index (χ1) is 14.7. The Morgan fingerprint density at radius 3 is 2.67 bits per heavy atom. The predicted octanol–water partition coefficient (Wildman–Crippen LogP) is 2.83. The number of benzene rings is 1. The minimum absolute atomic E-state index is 0.158. The van der Waals surface area contributed by atoms with E-state index in [9.17, 15) is 0 Å². The van der Waals surface area contributed by atoms with Crippen molar-refractivity contribution in [1.29, 1.82) is 0 Å². The molecule has 4 rings (SSSR count). The van der Waals surface area contributed by atoms with Gasteiger partial charge in [-0.3, -0.25) is 9.89 Å². The quantitative estimate of drug-likeness (QED) is 0.593. The van der Waals surface area contributed by atoms with E-state index in [0.29, 0.717) is 12.0 Å². The molecule has 30 heavy (non-hydrogen) atoms. The van der Waals surface area contributed by atoms with Gasteiger partial charge in [-0.25, -0.2) is 0 Å². The van der Waals surface area contributed by atoms with E-state index in [4.69, 9.17) is 14.5 Å². The fraction of sp³-hybridized carbons (Fsp3) is 0.708. The second kappa shape index (κ2) is 10.6. The second-order valence-electron chi connectivity index (χ2n) is 8.84. The third-order valence-electron chi connectivity index (χ3n) is 6.69. The first-order valence-electron chi connectivity index (χ1n) is 11.8. The second-order valence-corrected chi connectivity index (χ2v) is 8.84. The van der Waals surface area contributed by atoms with E-state index in [0.717, 1.165) is 71.5 Å². The molecule has 0 saturated carbocycles. The number of guanidine groups is 1. The molecule has 0 radical (unpaired) electrons. The normalized spacial score (nSPS) is 28.7. The van der Waals surface area contributed by atoms with Crippen LogP contribution in [0.5, 0.6) is 0 Å². The number of nitrogens with one attached hydrogen (secondary N) is 1. The van der Waals surface area contributed by atoms with Gasteiger partial charge < -0.3 is 19.7 Å².